The topological polar surface area (TPSA) is 28.7 Å². The zero-order chi connectivity index (χ0) is 10.1. The van der Waals surface area contributed by atoms with Crippen molar-refractivity contribution in [3.05, 3.63) is 41.3 Å². The maximum atomic E-state index is 4.35. The summed E-state index contributed by atoms with van der Waals surface area (Å²) in [6.07, 6.45) is 1.75. The van der Waals surface area contributed by atoms with Crippen LogP contribution < -0.4 is 0 Å². The van der Waals surface area contributed by atoms with Crippen molar-refractivity contribution in [2.75, 3.05) is 0 Å². The first kappa shape index (κ1) is 9.00. The molecule has 2 nitrogen and oxygen atoms in total. The molecule has 0 saturated heterocycles. The fraction of sp³-hybridized carbons (Fsp3) is 0.250. The molecule has 2 rings (SSSR count). The number of hydrogen-bond donors (Lipinski definition) is 1. The molecule has 1 N–H and O–H groups in total. The third-order valence-electron chi connectivity index (χ3n) is 2.55. The molecule has 0 spiro atoms. The summed E-state index contributed by atoms with van der Waals surface area (Å²) in [5.41, 5.74) is 6.01. The highest BCUT2D eigenvalue weighted by atomic mass is 14.9. The van der Waals surface area contributed by atoms with E-state index in [1.54, 1.807) is 6.33 Å². The largest absolute Gasteiger partial charge is 0.348 e. The van der Waals surface area contributed by atoms with Crippen molar-refractivity contribution < 1.29 is 0 Å². The number of nitrogens with zero attached hydrogens (tertiary/aromatic N) is 1. The van der Waals surface area contributed by atoms with Gasteiger partial charge in [-0.1, -0.05) is 18.2 Å². The quantitative estimate of drug-likeness (QED) is 0.728. The number of H-pyrrole nitrogens is 1. The summed E-state index contributed by atoms with van der Waals surface area (Å²) in [6.45, 7) is 6.29. The van der Waals surface area contributed by atoms with E-state index in [-0.39, 0.29) is 0 Å². The van der Waals surface area contributed by atoms with Gasteiger partial charge in [-0.05, 0) is 31.9 Å². The minimum atomic E-state index is 1.07. The Morgan fingerprint density at radius 3 is 2.21 bits per heavy atom. The van der Waals surface area contributed by atoms with Crippen LogP contribution in [0.2, 0.25) is 0 Å². The smallest absolute Gasteiger partial charge is 0.0929 e. The summed E-state index contributed by atoms with van der Waals surface area (Å²) in [6, 6.07) is 6.32. The van der Waals surface area contributed by atoms with Crippen LogP contribution in [0.1, 0.15) is 16.8 Å². The predicted octanol–water partition coefficient (Wildman–Crippen LogP) is 3.00. The summed E-state index contributed by atoms with van der Waals surface area (Å²) >= 11 is 0. The molecule has 0 aliphatic rings. The summed E-state index contributed by atoms with van der Waals surface area (Å²) in [5.74, 6) is 0. The lowest BCUT2D eigenvalue weighted by Crippen LogP contribution is -1.89. The highest BCUT2D eigenvalue weighted by molar-refractivity contribution is 5.69. The zero-order valence-electron chi connectivity index (χ0n) is 8.76. The first-order valence-corrected chi connectivity index (χ1v) is 4.76. The van der Waals surface area contributed by atoms with Crippen LogP contribution in [0.4, 0.5) is 0 Å². The highest BCUT2D eigenvalue weighted by Crippen LogP contribution is 2.26. The van der Waals surface area contributed by atoms with Crippen LogP contribution in [-0.4, -0.2) is 9.97 Å². The second kappa shape index (κ2) is 3.29. The van der Waals surface area contributed by atoms with Crippen molar-refractivity contribution in [2.45, 2.75) is 20.8 Å². The maximum absolute atomic E-state index is 4.35. The first-order chi connectivity index (χ1) is 6.70. The Morgan fingerprint density at radius 1 is 1.07 bits per heavy atom. The Kier molecular flexibility index (Phi) is 2.12. The predicted molar refractivity (Wildman–Crippen MR) is 58.2 cm³/mol. The molecule has 0 radical (unpaired) electrons. The lowest BCUT2D eigenvalue weighted by atomic mass is 9.99. The van der Waals surface area contributed by atoms with Gasteiger partial charge in [0.2, 0.25) is 0 Å². The lowest BCUT2D eigenvalue weighted by molar-refractivity contribution is 1.25. The number of aromatic amines is 1. The lowest BCUT2D eigenvalue weighted by Gasteiger charge is -2.07. The number of aromatic nitrogens is 2. The van der Waals surface area contributed by atoms with Gasteiger partial charge >= 0.3 is 0 Å². The highest BCUT2D eigenvalue weighted by Gasteiger charge is 2.09. The van der Waals surface area contributed by atoms with Crippen molar-refractivity contribution in [1.82, 2.24) is 9.97 Å². The van der Waals surface area contributed by atoms with Crippen molar-refractivity contribution in [3.63, 3.8) is 0 Å². The summed E-state index contributed by atoms with van der Waals surface area (Å²) in [5, 5.41) is 0. The molecular weight excluding hydrogens is 172 g/mol. The number of hydrogen-bond acceptors (Lipinski definition) is 1. The molecule has 72 valence electrons. The number of imidazole rings is 1. The van der Waals surface area contributed by atoms with E-state index >= 15 is 0 Å². The van der Waals surface area contributed by atoms with Crippen LogP contribution in [0.15, 0.2) is 24.5 Å². The fourth-order valence-electron chi connectivity index (χ4n) is 1.80. The van der Waals surface area contributed by atoms with Gasteiger partial charge in [0.15, 0.2) is 0 Å². The molecule has 1 aromatic heterocycles. The maximum Gasteiger partial charge on any atom is 0.0929 e. The second-order valence-electron chi connectivity index (χ2n) is 3.64. The molecule has 0 aliphatic carbocycles. The minimum absolute atomic E-state index is 1.07. The van der Waals surface area contributed by atoms with Crippen LogP contribution in [0.5, 0.6) is 0 Å². The molecule has 0 bridgehead atoms. The monoisotopic (exact) mass is 186 g/mol. The van der Waals surface area contributed by atoms with Crippen LogP contribution in [0.3, 0.4) is 0 Å². The van der Waals surface area contributed by atoms with Crippen molar-refractivity contribution >= 4 is 0 Å². The molecule has 1 aromatic carbocycles. The van der Waals surface area contributed by atoms with E-state index in [1.807, 2.05) is 6.92 Å². The van der Waals surface area contributed by atoms with Gasteiger partial charge in [0.05, 0.1) is 12.0 Å². The Bertz CT molecular complexity index is 435. The minimum Gasteiger partial charge on any atom is -0.348 e. The van der Waals surface area contributed by atoms with Gasteiger partial charge in [-0.2, -0.15) is 0 Å². The molecule has 0 amide bonds. The number of rotatable bonds is 1. The van der Waals surface area contributed by atoms with Gasteiger partial charge in [-0.3, -0.25) is 0 Å². The SMILES string of the molecule is Cc1cccc(C)c1-c1nc[nH]c1C. The normalized spacial score (nSPS) is 10.5. The van der Waals surface area contributed by atoms with Gasteiger partial charge in [0, 0.05) is 11.3 Å². The van der Waals surface area contributed by atoms with E-state index in [0.29, 0.717) is 0 Å². The standard InChI is InChI=1S/C12H14N2/c1-8-5-4-6-9(2)11(8)12-10(3)13-7-14-12/h4-7H,1-3H3,(H,13,14). The van der Waals surface area contributed by atoms with E-state index < -0.39 is 0 Å². The van der Waals surface area contributed by atoms with Crippen LogP contribution in [-0.2, 0) is 0 Å². The Labute approximate surface area is 84.0 Å². The van der Waals surface area contributed by atoms with Crippen LogP contribution in [0.25, 0.3) is 11.3 Å². The summed E-state index contributed by atoms with van der Waals surface area (Å²) in [4.78, 5) is 7.46. The number of benzene rings is 1. The van der Waals surface area contributed by atoms with Gasteiger partial charge in [0.1, 0.15) is 0 Å². The van der Waals surface area contributed by atoms with Gasteiger partial charge in [-0.15, -0.1) is 0 Å². The third-order valence-corrected chi connectivity index (χ3v) is 2.55. The molecule has 0 unspecified atom stereocenters. The fourth-order valence-corrected chi connectivity index (χ4v) is 1.80. The average molecular weight is 186 g/mol. The van der Waals surface area contributed by atoms with Gasteiger partial charge < -0.3 is 4.98 Å². The molecule has 14 heavy (non-hydrogen) atoms. The van der Waals surface area contributed by atoms with Crippen molar-refractivity contribution in [2.24, 2.45) is 0 Å². The van der Waals surface area contributed by atoms with E-state index in [4.69, 9.17) is 0 Å². The molecule has 2 aromatic rings. The van der Waals surface area contributed by atoms with Gasteiger partial charge in [-0.25, -0.2) is 4.98 Å². The molecule has 0 aliphatic heterocycles. The third kappa shape index (κ3) is 1.33. The second-order valence-corrected chi connectivity index (χ2v) is 3.64. The summed E-state index contributed by atoms with van der Waals surface area (Å²) < 4.78 is 0. The van der Waals surface area contributed by atoms with E-state index in [9.17, 15) is 0 Å². The average Bonchev–Trinajstić information content (AvgIpc) is 2.52. The van der Waals surface area contributed by atoms with E-state index in [2.05, 4.69) is 42.0 Å². The van der Waals surface area contributed by atoms with E-state index in [1.165, 1.54) is 16.7 Å². The molecule has 0 saturated carbocycles. The summed E-state index contributed by atoms with van der Waals surface area (Å²) in [7, 11) is 0. The van der Waals surface area contributed by atoms with E-state index in [0.717, 1.165) is 11.4 Å². The Hall–Kier alpha value is -1.57. The van der Waals surface area contributed by atoms with Crippen molar-refractivity contribution in [3.8, 4) is 11.3 Å². The van der Waals surface area contributed by atoms with Crippen LogP contribution in [0, 0.1) is 20.8 Å². The molecule has 0 atom stereocenters. The Balaban J connectivity index is 2.68. The van der Waals surface area contributed by atoms with Crippen molar-refractivity contribution in [1.29, 1.82) is 0 Å². The molecule has 1 heterocycles. The Morgan fingerprint density at radius 2 is 1.71 bits per heavy atom. The molecule has 0 fully saturated rings. The van der Waals surface area contributed by atoms with Crippen LogP contribution >= 0.6 is 0 Å². The number of aryl methyl sites for hydroxylation is 3. The zero-order valence-corrected chi connectivity index (χ0v) is 8.76. The first-order valence-electron chi connectivity index (χ1n) is 4.76. The van der Waals surface area contributed by atoms with Gasteiger partial charge in [0.25, 0.3) is 0 Å². The molecular formula is C12H14N2. The number of nitrogens with one attached hydrogen (secondary N) is 1. The molecule has 2 heteroatoms.